The fraction of sp³-hybridized carbons (Fsp3) is 0.571. The number of aliphatic carboxylic acids is 1. The van der Waals surface area contributed by atoms with Gasteiger partial charge in [-0.15, -0.1) is 0 Å². The van der Waals surface area contributed by atoms with E-state index in [0.717, 1.165) is 0 Å². The molecular formula is C7H13NO2. The average Bonchev–Trinajstić information content (AvgIpc) is 2.04. The Kier molecular flexibility index (Phi) is 0.699. The van der Waals surface area contributed by atoms with Crippen molar-refractivity contribution in [3.63, 3.8) is 0 Å². The van der Waals surface area contributed by atoms with Crippen LogP contribution in [0.4, 0.5) is 0 Å². The van der Waals surface area contributed by atoms with Crippen LogP contribution in [0.3, 0.4) is 0 Å². The lowest BCUT2D eigenvalue weighted by Gasteiger charge is -2.21. The fourth-order valence-electron chi connectivity index (χ4n) is 0.307. The lowest BCUT2D eigenvalue weighted by molar-refractivity contribution is -0.864. The molecule has 3 nitrogen and oxygen atoms in total. The lowest BCUT2D eigenvalue weighted by atomic mass is 10.4. The molecule has 0 aliphatic carbocycles. The summed E-state index contributed by atoms with van der Waals surface area (Å²) in [5.41, 5.74) is 0. The van der Waals surface area contributed by atoms with Crippen LogP contribution in [0.15, 0.2) is 12.2 Å². The van der Waals surface area contributed by atoms with Crippen LogP contribution in [0.1, 0.15) is 12.3 Å². The van der Waals surface area contributed by atoms with E-state index in [9.17, 15) is 9.90 Å². The van der Waals surface area contributed by atoms with Crippen molar-refractivity contribution in [2.24, 2.45) is 0 Å². The van der Waals surface area contributed by atoms with Gasteiger partial charge in [-0.2, -0.15) is 0 Å². The molecule has 0 aromatic carbocycles. The van der Waals surface area contributed by atoms with Crippen LogP contribution >= 0.6 is 0 Å². The molecule has 0 rings (SSSR count). The molecule has 0 unspecified atom stereocenters. The van der Waals surface area contributed by atoms with Gasteiger partial charge in [-0.1, -0.05) is 0 Å². The minimum atomic E-state index is -3.38. The molecule has 0 N–H and O–H groups in total. The molecule has 0 fully saturated rings. The zero-order valence-corrected chi connectivity index (χ0v) is 5.13. The second kappa shape index (κ2) is 3.37. The van der Waals surface area contributed by atoms with Crippen molar-refractivity contribution >= 4 is 5.97 Å². The van der Waals surface area contributed by atoms with Gasteiger partial charge in [0.25, 0.3) is 0 Å². The Balaban J connectivity index is 5.89. The van der Waals surface area contributed by atoms with Crippen molar-refractivity contribution in [2.75, 3.05) is 27.5 Å². The Morgan fingerprint density at radius 2 is 2.30 bits per heavy atom. The summed E-state index contributed by atoms with van der Waals surface area (Å²) in [6, 6.07) is 0. The van der Waals surface area contributed by atoms with Gasteiger partial charge in [0.15, 0.2) is 0 Å². The van der Waals surface area contributed by atoms with Crippen LogP contribution in [0.2, 0.25) is 0 Å². The number of quaternary nitrogens is 1. The van der Waals surface area contributed by atoms with E-state index >= 15 is 0 Å². The summed E-state index contributed by atoms with van der Waals surface area (Å²) in [6.07, 6.45) is 1.05. The van der Waals surface area contributed by atoms with E-state index in [2.05, 4.69) is 0 Å². The number of carbonyl (C=O) groups is 1. The standard InChI is InChI=1S/C7H13NO2/c1-8(2,3)6-4-5-7(9)10/h4-5H,6H2,1-3H3/b5-4+/i1D3,2D3,3D3. The van der Waals surface area contributed by atoms with Gasteiger partial charge in [0.05, 0.1) is 45.8 Å². The van der Waals surface area contributed by atoms with Gasteiger partial charge < -0.3 is 14.4 Å². The van der Waals surface area contributed by atoms with Crippen molar-refractivity contribution in [2.45, 2.75) is 0 Å². The first-order chi connectivity index (χ1) is 8.17. The van der Waals surface area contributed by atoms with Crippen LogP contribution in [-0.2, 0) is 4.79 Å². The molecule has 10 heavy (non-hydrogen) atoms. The highest BCUT2D eigenvalue weighted by Crippen LogP contribution is 1.88. The van der Waals surface area contributed by atoms with Gasteiger partial charge in [-0.25, -0.2) is 0 Å². The molecule has 3 heteroatoms. The summed E-state index contributed by atoms with van der Waals surface area (Å²) in [6.45, 7) is -11.2. The van der Waals surface area contributed by atoms with E-state index in [-0.39, 0.29) is 0 Å². The van der Waals surface area contributed by atoms with Gasteiger partial charge in [0, 0.05) is 0 Å². The molecule has 0 aliphatic heterocycles. The summed E-state index contributed by atoms with van der Waals surface area (Å²) in [5.74, 6) is -1.68. The highest BCUT2D eigenvalue weighted by molar-refractivity contribution is 5.77. The predicted octanol–water partition coefficient (Wildman–Crippen LogP) is -1.00. The first kappa shape index (κ1) is 2.08. The van der Waals surface area contributed by atoms with Crippen LogP contribution in [0.5, 0.6) is 0 Å². The average molecular weight is 152 g/mol. The van der Waals surface area contributed by atoms with E-state index in [1.54, 1.807) is 0 Å². The molecule has 0 aromatic heterocycles. The Hall–Kier alpha value is -0.830. The van der Waals surface area contributed by atoms with Crippen LogP contribution in [0.25, 0.3) is 0 Å². The largest absolute Gasteiger partial charge is 0.545 e. The molecule has 0 saturated heterocycles. The number of rotatable bonds is 3. The third-order valence-corrected chi connectivity index (χ3v) is 0.633. The van der Waals surface area contributed by atoms with E-state index < -0.39 is 37.9 Å². The summed E-state index contributed by atoms with van der Waals surface area (Å²) in [4.78, 5) is 10.2. The number of likely N-dealkylation sites (N-methyl/N-ethyl adjacent to an activating group) is 1. The lowest BCUT2D eigenvalue weighted by Crippen LogP contribution is -2.34. The molecular weight excluding hydrogens is 130 g/mol. The number of carboxylic acids is 1. The molecule has 0 aliphatic rings. The number of hydrogen-bond acceptors (Lipinski definition) is 2. The van der Waals surface area contributed by atoms with Crippen LogP contribution < -0.4 is 5.11 Å². The zero-order valence-electron chi connectivity index (χ0n) is 14.1. The predicted molar refractivity (Wildman–Crippen MR) is 37.0 cm³/mol. The number of carboxylic acid groups (broad SMARTS) is 1. The molecule has 0 atom stereocenters. The monoisotopic (exact) mass is 152 g/mol. The van der Waals surface area contributed by atoms with E-state index in [4.69, 9.17) is 12.3 Å². The van der Waals surface area contributed by atoms with Crippen molar-refractivity contribution in [1.82, 2.24) is 0 Å². The number of carbonyl (C=O) groups excluding carboxylic acids is 1. The summed E-state index contributed by atoms with van der Waals surface area (Å²) < 4.78 is 62.8. The van der Waals surface area contributed by atoms with E-state index in [1.165, 1.54) is 0 Å². The van der Waals surface area contributed by atoms with E-state index in [1.807, 2.05) is 0 Å². The van der Waals surface area contributed by atoms with Gasteiger partial charge in [0.1, 0.15) is 0 Å². The maximum Gasteiger partial charge on any atom is 0.0971 e. The molecule has 0 aromatic rings. The maximum absolute atomic E-state index is 10.2. The molecule has 58 valence electrons. The van der Waals surface area contributed by atoms with E-state index in [0.29, 0.717) is 12.2 Å². The number of hydrogen-bond donors (Lipinski definition) is 0. The third kappa shape index (κ3) is 7.17. The zero-order chi connectivity index (χ0) is 15.7. The van der Waals surface area contributed by atoms with Crippen molar-refractivity contribution in [3.8, 4) is 0 Å². The molecule has 0 spiro atoms. The number of nitrogens with zero attached hydrogens (tertiary/aromatic N) is 1. The topological polar surface area (TPSA) is 40.1 Å². The molecule has 0 heterocycles. The highest BCUT2D eigenvalue weighted by Gasteiger charge is 2.00. The van der Waals surface area contributed by atoms with Gasteiger partial charge >= 0.3 is 0 Å². The minimum Gasteiger partial charge on any atom is -0.545 e. The Morgan fingerprint density at radius 1 is 1.70 bits per heavy atom. The van der Waals surface area contributed by atoms with Gasteiger partial charge in [0.2, 0.25) is 0 Å². The first-order valence-electron chi connectivity index (χ1n) is 6.93. The Labute approximate surface area is 73.8 Å². The fourth-order valence-corrected chi connectivity index (χ4v) is 0.307. The van der Waals surface area contributed by atoms with Crippen molar-refractivity contribution in [3.05, 3.63) is 12.2 Å². The minimum absolute atomic E-state index is 0.399. The second-order valence-corrected chi connectivity index (χ2v) is 1.71. The van der Waals surface area contributed by atoms with Gasteiger partial charge in [-0.3, -0.25) is 0 Å². The van der Waals surface area contributed by atoms with Crippen molar-refractivity contribution in [1.29, 1.82) is 0 Å². The third-order valence-electron chi connectivity index (χ3n) is 0.633. The highest BCUT2D eigenvalue weighted by atomic mass is 16.4. The quantitative estimate of drug-likeness (QED) is 0.384. The van der Waals surface area contributed by atoms with Gasteiger partial charge in [-0.05, 0) is 12.2 Å². The maximum atomic E-state index is 10.2. The van der Waals surface area contributed by atoms with Crippen LogP contribution in [0, 0.1) is 0 Å². The second-order valence-electron chi connectivity index (χ2n) is 1.71. The summed E-state index contributed by atoms with van der Waals surface area (Å²) in [5, 5.41) is 10.2. The summed E-state index contributed by atoms with van der Waals surface area (Å²) in [7, 11) is 0. The van der Waals surface area contributed by atoms with Crippen LogP contribution in [-0.4, -0.2) is 37.9 Å². The molecule has 0 bridgehead atoms. The Morgan fingerprint density at radius 3 is 2.70 bits per heavy atom. The van der Waals surface area contributed by atoms with Crippen molar-refractivity contribution < 1.29 is 26.7 Å². The SMILES string of the molecule is [2H]C([2H])([2H])[N+](C/C=C/C(=O)[O-])(C([2H])([2H])[2H])C([2H])([2H])[2H]. The summed E-state index contributed by atoms with van der Waals surface area (Å²) >= 11 is 0. The Bertz CT molecular complexity index is 328. The molecule has 0 amide bonds. The normalized spacial score (nSPS) is 29.4. The first-order valence-corrected chi connectivity index (χ1v) is 2.43. The smallest absolute Gasteiger partial charge is 0.0971 e. The molecule has 0 saturated carbocycles. The molecule has 0 radical (unpaired) electrons.